The lowest BCUT2D eigenvalue weighted by Gasteiger charge is -2.21. The molecular weight excluding hydrogens is 256 g/mol. The van der Waals surface area contributed by atoms with Crippen LogP contribution in [-0.2, 0) is 0 Å². The van der Waals surface area contributed by atoms with Crippen molar-refractivity contribution in [1.29, 1.82) is 0 Å². The maximum Gasteiger partial charge on any atom is 0.256 e. The molecule has 1 aromatic rings. The number of aromatic amines is 1. The average molecular weight is 272 g/mol. The molecule has 0 bridgehead atoms. The lowest BCUT2D eigenvalue weighted by atomic mass is 10.2. The molecule has 2 rings (SSSR count). The molecule has 94 valence electrons. The number of H-pyrrole nitrogens is 1. The Morgan fingerprint density at radius 1 is 1.65 bits per heavy atom. The summed E-state index contributed by atoms with van der Waals surface area (Å²) in [6.45, 7) is 2.49. The van der Waals surface area contributed by atoms with Crippen LogP contribution in [0.25, 0.3) is 0 Å². The fourth-order valence-electron chi connectivity index (χ4n) is 1.68. The zero-order valence-electron chi connectivity index (χ0n) is 9.66. The van der Waals surface area contributed by atoms with Gasteiger partial charge in [0, 0.05) is 34.7 Å². The van der Waals surface area contributed by atoms with Crippen molar-refractivity contribution in [3.8, 4) is 0 Å². The number of nitrogens with one attached hydrogen (secondary N) is 2. The number of carbonyl (C=O) groups is 1. The Morgan fingerprint density at radius 3 is 3.06 bits per heavy atom. The van der Waals surface area contributed by atoms with E-state index in [1.54, 1.807) is 6.92 Å². The van der Waals surface area contributed by atoms with Crippen molar-refractivity contribution in [3.63, 3.8) is 0 Å². The fourth-order valence-corrected chi connectivity index (χ4v) is 4.30. The standard InChI is InChI=1S/C10H16N4OS2/c1-6-8(9(11)14-13-6)10(15)12-4-7-5-16-2-3-17-7/h7H,2-5H2,1H3,(H,12,15)(H3,11,13,14). The molecule has 1 aliphatic rings. The van der Waals surface area contributed by atoms with Crippen molar-refractivity contribution in [3.05, 3.63) is 11.3 Å². The van der Waals surface area contributed by atoms with Gasteiger partial charge in [-0.25, -0.2) is 0 Å². The second-order valence-electron chi connectivity index (χ2n) is 3.89. The van der Waals surface area contributed by atoms with Gasteiger partial charge in [-0.1, -0.05) is 0 Å². The van der Waals surface area contributed by atoms with Gasteiger partial charge < -0.3 is 11.1 Å². The highest BCUT2D eigenvalue weighted by Gasteiger charge is 2.19. The summed E-state index contributed by atoms with van der Waals surface area (Å²) in [5.74, 6) is 3.61. The van der Waals surface area contributed by atoms with E-state index in [1.807, 2.05) is 23.5 Å². The first-order valence-electron chi connectivity index (χ1n) is 5.46. The Balaban J connectivity index is 1.89. The summed E-state index contributed by atoms with van der Waals surface area (Å²) in [5.41, 5.74) is 6.82. The van der Waals surface area contributed by atoms with E-state index in [9.17, 15) is 4.79 Å². The lowest BCUT2D eigenvalue weighted by Crippen LogP contribution is -2.33. The number of nitrogens with zero attached hydrogens (tertiary/aromatic N) is 1. The van der Waals surface area contributed by atoms with Crippen LogP contribution >= 0.6 is 23.5 Å². The first kappa shape index (κ1) is 12.6. The molecule has 1 saturated heterocycles. The average Bonchev–Trinajstić information content (AvgIpc) is 2.67. The van der Waals surface area contributed by atoms with Crippen LogP contribution in [0.5, 0.6) is 0 Å². The first-order chi connectivity index (χ1) is 8.18. The fraction of sp³-hybridized carbons (Fsp3) is 0.600. The molecule has 1 amide bonds. The van der Waals surface area contributed by atoms with Gasteiger partial charge in [0.25, 0.3) is 5.91 Å². The maximum absolute atomic E-state index is 11.9. The number of hydrogen-bond donors (Lipinski definition) is 3. The van der Waals surface area contributed by atoms with E-state index in [0.29, 0.717) is 23.1 Å². The minimum Gasteiger partial charge on any atom is -0.382 e. The lowest BCUT2D eigenvalue weighted by molar-refractivity contribution is 0.0954. The number of amides is 1. The van der Waals surface area contributed by atoms with Crippen LogP contribution in [0.2, 0.25) is 0 Å². The summed E-state index contributed by atoms with van der Waals surface area (Å²) in [5, 5.41) is 9.95. The van der Waals surface area contributed by atoms with Gasteiger partial charge in [0.15, 0.2) is 5.82 Å². The molecule has 5 nitrogen and oxygen atoms in total. The smallest absolute Gasteiger partial charge is 0.256 e. The Labute approximate surface area is 109 Å². The number of hydrogen-bond acceptors (Lipinski definition) is 5. The topological polar surface area (TPSA) is 83.8 Å². The number of carbonyl (C=O) groups excluding carboxylic acids is 1. The Hall–Kier alpha value is -0.820. The monoisotopic (exact) mass is 272 g/mol. The normalized spacial score (nSPS) is 20.2. The van der Waals surface area contributed by atoms with Crippen LogP contribution < -0.4 is 11.1 Å². The van der Waals surface area contributed by atoms with E-state index in [2.05, 4.69) is 15.5 Å². The molecule has 0 spiro atoms. The molecule has 4 N–H and O–H groups in total. The molecular formula is C10H16N4OS2. The summed E-state index contributed by atoms with van der Waals surface area (Å²) >= 11 is 3.86. The van der Waals surface area contributed by atoms with Gasteiger partial charge in [-0.15, -0.1) is 0 Å². The molecule has 7 heteroatoms. The van der Waals surface area contributed by atoms with Gasteiger partial charge in [0.05, 0.1) is 0 Å². The molecule has 17 heavy (non-hydrogen) atoms. The Bertz CT molecular complexity index is 382. The predicted octanol–water partition coefficient (Wildman–Crippen LogP) is 0.879. The molecule has 1 fully saturated rings. The molecule has 1 aromatic heterocycles. The van der Waals surface area contributed by atoms with E-state index in [-0.39, 0.29) is 11.7 Å². The quantitative estimate of drug-likeness (QED) is 0.760. The summed E-state index contributed by atoms with van der Waals surface area (Å²) in [6, 6.07) is 0. The van der Waals surface area contributed by atoms with Gasteiger partial charge in [0.2, 0.25) is 0 Å². The Kier molecular flexibility index (Phi) is 4.22. The van der Waals surface area contributed by atoms with Gasteiger partial charge in [-0.3, -0.25) is 9.89 Å². The van der Waals surface area contributed by atoms with Crippen LogP contribution in [0.15, 0.2) is 0 Å². The van der Waals surface area contributed by atoms with Crippen molar-refractivity contribution in [2.24, 2.45) is 0 Å². The van der Waals surface area contributed by atoms with Crippen LogP contribution in [0, 0.1) is 6.92 Å². The molecule has 1 atom stereocenters. The molecule has 1 aliphatic heterocycles. The highest BCUT2D eigenvalue weighted by Crippen LogP contribution is 2.23. The predicted molar refractivity (Wildman–Crippen MR) is 73.6 cm³/mol. The highest BCUT2D eigenvalue weighted by atomic mass is 32.2. The molecule has 0 aliphatic carbocycles. The van der Waals surface area contributed by atoms with E-state index in [4.69, 9.17) is 5.73 Å². The molecule has 0 aromatic carbocycles. The largest absolute Gasteiger partial charge is 0.382 e. The zero-order chi connectivity index (χ0) is 12.3. The number of nitrogens with two attached hydrogens (primary N) is 1. The highest BCUT2D eigenvalue weighted by molar-refractivity contribution is 8.06. The van der Waals surface area contributed by atoms with Crippen LogP contribution in [-0.4, -0.2) is 45.2 Å². The number of rotatable bonds is 3. The van der Waals surface area contributed by atoms with Crippen molar-refractivity contribution in [1.82, 2.24) is 15.5 Å². The van der Waals surface area contributed by atoms with Gasteiger partial charge in [-0.2, -0.15) is 28.6 Å². The third-order valence-electron chi connectivity index (χ3n) is 2.58. The minimum atomic E-state index is -0.134. The third-order valence-corrected chi connectivity index (χ3v) is 5.42. The molecule has 0 saturated carbocycles. The van der Waals surface area contributed by atoms with E-state index in [1.165, 1.54) is 5.75 Å². The summed E-state index contributed by atoms with van der Waals surface area (Å²) in [4.78, 5) is 11.9. The number of aryl methyl sites for hydroxylation is 1. The second-order valence-corrected chi connectivity index (χ2v) is 6.44. The molecule has 1 unspecified atom stereocenters. The number of thioether (sulfide) groups is 2. The maximum atomic E-state index is 11.9. The number of aromatic nitrogens is 2. The summed E-state index contributed by atoms with van der Waals surface area (Å²) in [6.07, 6.45) is 0. The minimum absolute atomic E-state index is 0.134. The SMILES string of the molecule is Cc1[nH]nc(N)c1C(=O)NCC1CSCCS1. The van der Waals surface area contributed by atoms with Gasteiger partial charge in [0.1, 0.15) is 5.56 Å². The molecule has 0 radical (unpaired) electrons. The second kappa shape index (κ2) is 5.68. The van der Waals surface area contributed by atoms with Crippen molar-refractivity contribution < 1.29 is 4.79 Å². The number of nitrogen functional groups attached to an aromatic ring is 1. The number of anilines is 1. The molecule has 2 heterocycles. The zero-order valence-corrected chi connectivity index (χ0v) is 11.3. The van der Waals surface area contributed by atoms with Gasteiger partial charge >= 0.3 is 0 Å². The summed E-state index contributed by atoms with van der Waals surface area (Å²) in [7, 11) is 0. The van der Waals surface area contributed by atoms with E-state index in [0.717, 1.165) is 11.5 Å². The van der Waals surface area contributed by atoms with Crippen LogP contribution in [0.1, 0.15) is 16.1 Å². The van der Waals surface area contributed by atoms with Gasteiger partial charge in [-0.05, 0) is 6.92 Å². The van der Waals surface area contributed by atoms with E-state index < -0.39 is 0 Å². The van der Waals surface area contributed by atoms with Crippen molar-refractivity contribution >= 4 is 35.2 Å². The van der Waals surface area contributed by atoms with Crippen LogP contribution in [0.4, 0.5) is 5.82 Å². The van der Waals surface area contributed by atoms with Crippen LogP contribution in [0.3, 0.4) is 0 Å². The van der Waals surface area contributed by atoms with Crippen molar-refractivity contribution in [2.75, 3.05) is 29.5 Å². The van der Waals surface area contributed by atoms with E-state index >= 15 is 0 Å². The van der Waals surface area contributed by atoms with Crippen molar-refractivity contribution in [2.45, 2.75) is 12.2 Å². The Morgan fingerprint density at radius 2 is 2.47 bits per heavy atom. The summed E-state index contributed by atoms with van der Waals surface area (Å²) < 4.78 is 0. The third kappa shape index (κ3) is 3.10. The first-order valence-corrected chi connectivity index (χ1v) is 7.67.